The van der Waals surface area contributed by atoms with Gasteiger partial charge in [0.25, 0.3) is 11.8 Å². The van der Waals surface area contributed by atoms with Crippen molar-refractivity contribution in [2.75, 3.05) is 31.4 Å². The van der Waals surface area contributed by atoms with Crippen LogP contribution in [0.25, 0.3) is 0 Å². The van der Waals surface area contributed by atoms with Crippen molar-refractivity contribution >= 4 is 40.6 Å². The highest BCUT2D eigenvalue weighted by molar-refractivity contribution is 7.09. The molecular weight excluding hydrogens is 513 g/mol. The molecule has 3 rings (SSSR count). The summed E-state index contributed by atoms with van der Waals surface area (Å²) in [5.41, 5.74) is 11.3. The average molecular weight is 544 g/mol. The molecule has 12 heteroatoms. The Morgan fingerprint density at radius 1 is 1.11 bits per heavy atom. The van der Waals surface area contributed by atoms with Gasteiger partial charge in [-0.25, -0.2) is 4.39 Å². The summed E-state index contributed by atoms with van der Waals surface area (Å²) in [4.78, 5) is 40.4. The molecule has 10 nitrogen and oxygen atoms in total. The number of hydrogen-bond donors (Lipinski definition) is 3. The Morgan fingerprint density at radius 3 is 2.39 bits per heavy atom. The lowest BCUT2D eigenvalue weighted by Crippen LogP contribution is -2.44. The highest BCUT2D eigenvalue weighted by atomic mass is 32.1. The van der Waals surface area contributed by atoms with E-state index in [-0.39, 0.29) is 21.9 Å². The molecule has 0 bridgehead atoms. The van der Waals surface area contributed by atoms with Crippen molar-refractivity contribution in [1.29, 1.82) is 0 Å². The van der Waals surface area contributed by atoms with Crippen molar-refractivity contribution in [3.05, 3.63) is 64.4 Å². The number of hydrogen-bond acceptors (Lipinski definition) is 8. The number of ether oxygens (including phenoxy) is 2. The van der Waals surface area contributed by atoms with Gasteiger partial charge in [0.15, 0.2) is 17.2 Å². The molecule has 0 aliphatic rings. The summed E-state index contributed by atoms with van der Waals surface area (Å²) >= 11 is 0.662. The first-order valence-electron chi connectivity index (χ1n) is 11.7. The van der Waals surface area contributed by atoms with Gasteiger partial charge in [0.05, 0.1) is 19.9 Å². The van der Waals surface area contributed by atoms with E-state index in [2.05, 4.69) is 9.69 Å². The Bertz CT molecular complexity index is 1330. The third-order valence-corrected chi connectivity index (χ3v) is 6.56. The number of nitrogens with two attached hydrogens (primary N) is 2. The molecule has 0 aliphatic carbocycles. The molecule has 0 saturated heterocycles. The second-order valence-corrected chi connectivity index (χ2v) is 9.56. The van der Waals surface area contributed by atoms with E-state index in [4.69, 9.17) is 20.9 Å². The van der Waals surface area contributed by atoms with Gasteiger partial charge >= 0.3 is 0 Å². The minimum absolute atomic E-state index is 0.0854. The molecule has 1 atom stereocenters. The van der Waals surface area contributed by atoms with Crippen molar-refractivity contribution in [1.82, 2.24) is 9.69 Å². The van der Waals surface area contributed by atoms with Gasteiger partial charge in [0, 0.05) is 12.2 Å². The Hall–Kier alpha value is -4.19. The number of halogens is 1. The minimum Gasteiger partial charge on any atom is -0.493 e. The quantitative estimate of drug-likeness (QED) is 0.335. The number of nitrogens with one attached hydrogen (secondary N) is 1. The van der Waals surface area contributed by atoms with Gasteiger partial charge < -0.3 is 26.3 Å². The predicted octanol–water partition coefficient (Wildman–Crippen LogP) is 3.53. The van der Waals surface area contributed by atoms with Gasteiger partial charge in [0.2, 0.25) is 5.91 Å². The topological polar surface area (TPSA) is 150 Å². The fraction of sp³-hybridized carbons (Fsp3) is 0.308. The van der Waals surface area contributed by atoms with Crippen LogP contribution in [0.15, 0.2) is 42.5 Å². The number of methoxy groups -OCH3 is 2. The number of nitrogens with zero attached hydrogens (tertiary/aromatic N) is 2. The van der Waals surface area contributed by atoms with Gasteiger partial charge in [-0.2, -0.15) is 4.37 Å². The maximum Gasteiger partial charge on any atom is 0.273 e. The molecule has 2 aromatic carbocycles. The molecule has 0 fully saturated rings. The Balaban J connectivity index is 2.22. The van der Waals surface area contributed by atoms with Crippen LogP contribution in [0.5, 0.6) is 11.5 Å². The number of nitrogen functional groups attached to an aromatic ring is 1. The van der Waals surface area contributed by atoms with E-state index in [1.54, 1.807) is 18.2 Å². The van der Waals surface area contributed by atoms with E-state index >= 15 is 0 Å². The van der Waals surface area contributed by atoms with Crippen LogP contribution >= 0.6 is 11.5 Å². The summed E-state index contributed by atoms with van der Waals surface area (Å²) in [5.74, 6) is -1.76. The van der Waals surface area contributed by atoms with Crippen LogP contribution in [0.4, 0.5) is 15.8 Å². The highest BCUT2D eigenvalue weighted by Crippen LogP contribution is 2.36. The van der Waals surface area contributed by atoms with Crippen LogP contribution in [-0.4, -0.2) is 42.9 Å². The first kappa shape index (κ1) is 28.4. The van der Waals surface area contributed by atoms with Crippen LogP contribution in [0.3, 0.4) is 0 Å². The van der Waals surface area contributed by atoms with Crippen LogP contribution < -0.4 is 31.2 Å². The molecule has 202 valence electrons. The van der Waals surface area contributed by atoms with Crippen molar-refractivity contribution < 1.29 is 28.2 Å². The maximum atomic E-state index is 14.4. The minimum atomic E-state index is -1.28. The maximum absolute atomic E-state index is 14.4. The third kappa shape index (κ3) is 6.20. The number of rotatable bonds is 11. The Morgan fingerprint density at radius 2 is 1.82 bits per heavy atom. The molecule has 0 radical (unpaired) electrons. The summed E-state index contributed by atoms with van der Waals surface area (Å²) in [5, 5.41) is 2.87. The second-order valence-electron chi connectivity index (χ2n) is 8.78. The summed E-state index contributed by atoms with van der Waals surface area (Å²) in [6.07, 6.45) is 0.696. The zero-order valence-corrected chi connectivity index (χ0v) is 22.3. The predicted molar refractivity (Wildman–Crippen MR) is 143 cm³/mol. The fourth-order valence-electron chi connectivity index (χ4n) is 3.77. The lowest BCUT2D eigenvalue weighted by Gasteiger charge is -2.31. The Kier molecular flexibility index (Phi) is 9.24. The van der Waals surface area contributed by atoms with E-state index < -0.39 is 29.6 Å². The number of amides is 3. The molecule has 0 spiro atoms. The van der Waals surface area contributed by atoms with Crippen LogP contribution in [0, 0.1) is 11.7 Å². The monoisotopic (exact) mass is 543 g/mol. The van der Waals surface area contributed by atoms with Gasteiger partial charge in [-0.1, -0.05) is 26.0 Å². The van der Waals surface area contributed by atoms with E-state index in [0.29, 0.717) is 47.5 Å². The standard InChI is InChI=1S/C26H30FN5O5S/c1-14(2)10-11-30-25(34)22(15-8-9-18(36-3)19(12-15)37-4)32(17-7-5-6-16(27)13-17)26(35)23-20(28)21(24(29)33)31-38-23/h5-9,12-14,22H,10-11,28H2,1-4H3,(H2,29,33)(H,30,34)/t22-/m0/s1. The number of benzene rings is 2. The molecule has 0 aliphatic heterocycles. The zero-order valence-electron chi connectivity index (χ0n) is 21.5. The van der Waals surface area contributed by atoms with Crippen molar-refractivity contribution in [3.8, 4) is 11.5 Å². The summed E-state index contributed by atoms with van der Waals surface area (Å²) < 4.78 is 29.0. The summed E-state index contributed by atoms with van der Waals surface area (Å²) in [6.45, 7) is 4.38. The third-order valence-electron chi connectivity index (χ3n) is 5.71. The van der Waals surface area contributed by atoms with Crippen molar-refractivity contribution in [2.24, 2.45) is 11.7 Å². The Labute approximate surface area is 223 Å². The number of aromatic nitrogens is 1. The molecule has 38 heavy (non-hydrogen) atoms. The van der Waals surface area contributed by atoms with Crippen molar-refractivity contribution in [2.45, 2.75) is 26.3 Å². The van der Waals surface area contributed by atoms with Gasteiger partial charge in [-0.05, 0) is 59.8 Å². The highest BCUT2D eigenvalue weighted by Gasteiger charge is 2.36. The number of primary amides is 1. The number of anilines is 2. The van der Waals surface area contributed by atoms with E-state index in [9.17, 15) is 18.8 Å². The lowest BCUT2D eigenvalue weighted by molar-refractivity contribution is -0.122. The largest absolute Gasteiger partial charge is 0.493 e. The average Bonchev–Trinajstić information content (AvgIpc) is 3.27. The van der Waals surface area contributed by atoms with E-state index in [0.717, 1.165) is 11.0 Å². The summed E-state index contributed by atoms with van der Waals surface area (Å²) in [6, 6.07) is 8.74. The zero-order chi connectivity index (χ0) is 28.0. The molecule has 0 unspecified atom stereocenters. The van der Waals surface area contributed by atoms with Crippen LogP contribution in [0.2, 0.25) is 0 Å². The van der Waals surface area contributed by atoms with Gasteiger partial charge in [-0.15, -0.1) is 0 Å². The molecule has 1 aromatic heterocycles. The normalized spacial score (nSPS) is 11.6. The van der Waals surface area contributed by atoms with Gasteiger partial charge in [0.1, 0.15) is 16.7 Å². The van der Waals surface area contributed by atoms with E-state index in [1.807, 2.05) is 13.8 Å². The number of carbonyl (C=O) groups is 3. The van der Waals surface area contributed by atoms with Gasteiger partial charge in [-0.3, -0.25) is 19.3 Å². The second kappa shape index (κ2) is 12.4. The lowest BCUT2D eigenvalue weighted by atomic mass is 10.0. The smallest absolute Gasteiger partial charge is 0.273 e. The number of carbonyl (C=O) groups excluding carboxylic acids is 3. The molecular formula is C26H30FN5O5S. The van der Waals surface area contributed by atoms with E-state index in [1.165, 1.54) is 32.4 Å². The summed E-state index contributed by atoms with van der Waals surface area (Å²) in [7, 11) is 2.91. The van der Waals surface area contributed by atoms with Crippen molar-refractivity contribution in [3.63, 3.8) is 0 Å². The van der Waals surface area contributed by atoms with Crippen LogP contribution in [-0.2, 0) is 4.79 Å². The molecule has 1 heterocycles. The first-order chi connectivity index (χ1) is 18.1. The van der Waals surface area contributed by atoms with Crippen LogP contribution in [0.1, 0.15) is 52.0 Å². The fourth-order valence-corrected chi connectivity index (χ4v) is 4.51. The first-order valence-corrected chi connectivity index (χ1v) is 12.5. The molecule has 5 N–H and O–H groups in total. The molecule has 3 aromatic rings. The molecule has 3 amide bonds. The SMILES string of the molecule is COc1ccc([C@@H](C(=O)NCCC(C)C)N(C(=O)c2snc(C(N)=O)c2N)c2cccc(F)c2)cc1OC. The molecule has 0 saturated carbocycles.